The zero-order valence-electron chi connectivity index (χ0n) is 8.17. The molecule has 0 heterocycles. The third-order valence-electron chi connectivity index (χ3n) is 1.71. The van der Waals surface area contributed by atoms with Crippen LogP contribution in [0.5, 0.6) is 0 Å². The maximum absolute atomic E-state index is 13.1. The van der Waals surface area contributed by atoms with Crippen LogP contribution in [0, 0.1) is 0 Å². The molecule has 3 nitrogen and oxygen atoms in total. The molecule has 1 rings (SSSR count). The van der Waals surface area contributed by atoms with Crippen LogP contribution >= 0.6 is 0 Å². The van der Waals surface area contributed by atoms with Crippen molar-refractivity contribution in [2.24, 2.45) is 0 Å². The summed E-state index contributed by atoms with van der Waals surface area (Å²) in [7, 11) is 0. The number of carbonyl (C=O) groups excluding carboxylic acids is 1. The van der Waals surface area contributed by atoms with Crippen LogP contribution in [-0.2, 0) is 4.79 Å². The minimum absolute atomic E-state index is 0.537. The third kappa shape index (κ3) is 2.73. The van der Waals surface area contributed by atoms with Gasteiger partial charge in [0.05, 0.1) is 0 Å². The van der Waals surface area contributed by atoms with E-state index in [-0.39, 0.29) is 0 Å². The van der Waals surface area contributed by atoms with Gasteiger partial charge in [-0.1, -0.05) is 0 Å². The predicted octanol–water partition coefficient (Wildman–Crippen LogP) is 1.96. The number of amides is 1. The molecule has 1 aromatic carbocycles. The number of benzene rings is 1. The molecular weight excluding hydrogens is 183 g/mol. The monoisotopic (exact) mass is 196 g/mol. The molecule has 4 heteroatoms. The number of nitrogens with two attached hydrogens (primary N) is 1. The van der Waals surface area contributed by atoms with Gasteiger partial charge in [0.2, 0.25) is 0 Å². The number of nitrogen functional groups attached to an aromatic ring is 1. The van der Waals surface area contributed by atoms with Crippen LogP contribution < -0.4 is 11.1 Å². The number of anilines is 2. The van der Waals surface area contributed by atoms with Crippen LogP contribution in [-0.4, -0.2) is 11.6 Å². The van der Waals surface area contributed by atoms with E-state index in [1.54, 1.807) is 24.3 Å². The summed E-state index contributed by atoms with van der Waals surface area (Å²) >= 11 is 0. The number of hydrogen-bond donors (Lipinski definition) is 2. The van der Waals surface area contributed by atoms with Crippen molar-refractivity contribution in [3.8, 4) is 0 Å². The first-order chi connectivity index (χ1) is 6.39. The second kappa shape index (κ2) is 3.65. The van der Waals surface area contributed by atoms with E-state index in [0.29, 0.717) is 11.4 Å². The van der Waals surface area contributed by atoms with Crippen LogP contribution in [0.3, 0.4) is 0 Å². The molecule has 1 aromatic rings. The highest BCUT2D eigenvalue weighted by atomic mass is 19.1. The zero-order valence-corrected chi connectivity index (χ0v) is 8.17. The van der Waals surface area contributed by atoms with Gasteiger partial charge in [0, 0.05) is 11.4 Å². The van der Waals surface area contributed by atoms with Crippen molar-refractivity contribution < 1.29 is 9.18 Å². The van der Waals surface area contributed by atoms with Gasteiger partial charge in [-0.25, -0.2) is 4.39 Å². The lowest BCUT2D eigenvalue weighted by atomic mass is 10.1. The van der Waals surface area contributed by atoms with E-state index in [1.165, 1.54) is 13.8 Å². The number of nitrogens with one attached hydrogen (secondary N) is 1. The first-order valence-corrected chi connectivity index (χ1v) is 4.25. The summed E-state index contributed by atoms with van der Waals surface area (Å²) in [4.78, 5) is 11.2. The molecule has 0 unspecified atom stereocenters. The topological polar surface area (TPSA) is 55.1 Å². The first-order valence-electron chi connectivity index (χ1n) is 4.25. The Labute approximate surface area is 82.1 Å². The summed E-state index contributed by atoms with van der Waals surface area (Å²) in [6, 6.07) is 6.53. The maximum Gasteiger partial charge on any atom is 0.261 e. The fraction of sp³-hybridized carbons (Fsp3) is 0.300. The minimum atomic E-state index is -1.87. The van der Waals surface area contributed by atoms with E-state index >= 15 is 0 Å². The highest BCUT2D eigenvalue weighted by molar-refractivity contribution is 5.96. The predicted molar refractivity (Wildman–Crippen MR) is 54.7 cm³/mol. The van der Waals surface area contributed by atoms with Crippen molar-refractivity contribution in [2.45, 2.75) is 19.5 Å². The Kier molecular flexibility index (Phi) is 2.74. The van der Waals surface area contributed by atoms with Crippen molar-refractivity contribution in [1.29, 1.82) is 0 Å². The molecule has 0 aromatic heterocycles. The Morgan fingerprint density at radius 2 is 1.86 bits per heavy atom. The van der Waals surface area contributed by atoms with Gasteiger partial charge in [-0.2, -0.15) is 0 Å². The molecule has 0 aliphatic rings. The third-order valence-corrected chi connectivity index (χ3v) is 1.71. The highest BCUT2D eigenvalue weighted by Gasteiger charge is 2.26. The second-order valence-corrected chi connectivity index (χ2v) is 3.55. The summed E-state index contributed by atoms with van der Waals surface area (Å²) in [6.45, 7) is 2.42. The van der Waals surface area contributed by atoms with Gasteiger partial charge < -0.3 is 11.1 Å². The number of hydrogen-bond acceptors (Lipinski definition) is 2. The van der Waals surface area contributed by atoms with E-state index in [2.05, 4.69) is 5.32 Å². The van der Waals surface area contributed by atoms with Crippen molar-refractivity contribution in [1.82, 2.24) is 0 Å². The van der Waals surface area contributed by atoms with Gasteiger partial charge in [0.15, 0.2) is 5.67 Å². The minimum Gasteiger partial charge on any atom is -0.399 e. The summed E-state index contributed by atoms with van der Waals surface area (Å²) in [5.74, 6) is -0.665. The van der Waals surface area contributed by atoms with Gasteiger partial charge in [0.1, 0.15) is 0 Å². The molecule has 0 fully saturated rings. The zero-order chi connectivity index (χ0) is 10.8. The Bertz CT molecular complexity index is 327. The average Bonchev–Trinajstić information content (AvgIpc) is 2.07. The Morgan fingerprint density at radius 3 is 2.29 bits per heavy atom. The van der Waals surface area contributed by atoms with E-state index in [0.717, 1.165) is 0 Å². The first kappa shape index (κ1) is 10.5. The lowest BCUT2D eigenvalue weighted by molar-refractivity contribution is -0.125. The number of carbonyl (C=O) groups is 1. The Hall–Kier alpha value is -1.58. The summed E-state index contributed by atoms with van der Waals surface area (Å²) < 4.78 is 13.1. The van der Waals surface area contributed by atoms with E-state index < -0.39 is 11.6 Å². The molecule has 0 atom stereocenters. The largest absolute Gasteiger partial charge is 0.399 e. The number of alkyl halides is 1. The number of rotatable bonds is 2. The van der Waals surface area contributed by atoms with E-state index in [4.69, 9.17) is 5.73 Å². The van der Waals surface area contributed by atoms with Crippen molar-refractivity contribution in [2.75, 3.05) is 11.1 Å². The fourth-order valence-corrected chi connectivity index (χ4v) is 0.846. The Morgan fingerprint density at radius 1 is 1.36 bits per heavy atom. The standard InChI is InChI=1S/C10H13FN2O/c1-10(2,11)9(14)13-8-5-3-7(12)4-6-8/h3-6H,12H2,1-2H3,(H,13,14). The van der Waals surface area contributed by atoms with Crippen molar-refractivity contribution in [3.05, 3.63) is 24.3 Å². The van der Waals surface area contributed by atoms with Crippen LogP contribution in [0.15, 0.2) is 24.3 Å². The normalized spacial score (nSPS) is 11.1. The molecule has 0 saturated carbocycles. The molecule has 0 aliphatic carbocycles. The molecule has 1 amide bonds. The van der Waals surface area contributed by atoms with Crippen molar-refractivity contribution >= 4 is 17.3 Å². The lowest BCUT2D eigenvalue weighted by Gasteiger charge is -2.13. The van der Waals surface area contributed by atoms with Crippen molar-refractivity contribution in [3.63, 3.8) is 0 Å². The SMILES string of the molecule is CC(C)(F)C(=O)Nc1ccc(N)cc1. The summed E-state index contributed by atoms with van der Waals surface area (Å²) in [5, 5.41) is 2.44. The van der Waals surface area contributed by atoms with Gasteiger partial charge in [-0.3, -0.25) is 4.79 Å². The molecule has 14 heavy (non-hydrogen) atoms. The van der Waals surface area contributed by atoms with Gasteiger partial charge in [-0.05, 0) is 38.1 Å². The summed E-state index contributed by atoms with van der Waals surface area (Å²) in [5.41, 5.74) is 4.72. The highest BCUT2D eigenvalue weighted by Crippen LogP contribution is 2.15. The molecule has 0 radical (unpaired) electrons. The maximum atomic E-state index is 13.1. The van der Waals surface area contributed by atoms with Crippen LogP contribution in [0.2, 0.25) is 0 Å². The fourth-order valence-electron chi connectivity index (χ4n) is 0.846. The van der Waals surface area contributed by atoms with E-state index in [9.17, 15) is 9.18 Å². The van der Waals surface area contributed by atoms with Crippen LogP contribution in [0.4, 0.5) is 15.8 Å². The molecule has 0 saturated heterocycles. The lowest BCUT2D eigenvalue weighted by Crippen LogP contribution is -2.32. The quantitative estimate of drug-likeness (QED) is 0.710. The molecule has 0 spiro atoms. The second-order valence-electron chi connectivity index (χ2n) is 3.55. The molecule has 3 N–H and O–H groups in total. The molecule has 0 bridgehead atoms. The number of halogens is 1. The van der Waals surface area contributed by atoms with Crippen LogP contribution in [0.25, 0.3) is 0 Å². The van der Waals surface area contributed by atoms with Gasteiger partial charge >= 0.3 is 0 Å². The van der Waals surface area contributed by atoms with Crippen LogP contribution in [0.1, 0.15) is 13.8 Å². The average molecular weight is 196 g/mol. The molecule has 0 aliphatic heterocycles. The van der Waals surface area contributed by atoms with E-state index in [1.807, 2.05) is 0 Å². The van der Waals surface area contributed by atoms with Gasteiger partial charge in [-0.15, -0.1) is 0 Å². The summed E-state index contributed by atoms with van der Waals surface area (Å²) in [6.07, 6.45) is 0. The Balaban J connectivity index is 2.71. The smallest absolute Gasteiger partial charge is 0.261 e. The molecule has 76 valence electrons. The molecular formula is C10H13FN2O. The van der Waals surface area contributed by atoms with Gasteiger partial charge in [0.25, 0.3) is 5.91 Å².